The number of amides is 1. The van der Waals surface area contributed by atoms with Gasteiger partial charge >= 0.3 is 0 Å². The van der Waals surface area contributed by atoms with Gasteiger partial charge in [-0.05, 0) is 37.8 Å². The topological polar surface area (TPSA) is 96.2 Å². The second kappa shape index (κ2) is 8.25. The molecule has 0 saturated carbocycles. The van der Waals surface area contributed by atoms with Crippen molar-refractivity contribution in [1.82, 2.24) is 20.6 Å². The zero-order chi connectivity index (χ0) is 22.4. The van der Waals surface area contributed by atoms with Gasteiger partial charge in [0.05, 0.1) is 17.1 Å². The summed E-state index contributed by atoms with van der Waals surface area (Å²) in [6, 6.07) is 3.19. The van der Waals surface area contributed by atoms with Crippen LogP contribution < -0.4 is 21.3 Å². The molecule has 3 aromatic rings. The predicted octanol–water partition coefficient (Wildman–Crippen LogP) is 2.77. The fraction of sp³-hybridized carbons (Fsp3) is 0.409. The van der Waals surface area contributed by atoms with Crippen molar-refractivity contribution in [1.29, 1.82) is 0 Å². The second-order valence-electron chi connectivity index (χ2n) is 8.45. The van der Waals surface area contributed by atoms with Crippen LogP contribution in [0.5, 0.6) is 0 Å². The number of aryl methyl sites for hydroxylation is 1. The number of nitrogen functional groups attached to an aromatic ring is 1. The summed E-state index contributed by atoms with van der Waals surface area (Å²) in [5.74, 6) is -1.28. The number of hydrogen-bond donors (Lipinski definition) is 3. The van der Waals surface area contributed by atoms with E-state index in [0.29, 0.717) is 46.1 Å². The lowest BCUT2D eigenvalue weighted by Crippen LogP contribution is -2.51. The summed E-state index contributed by atoms with van der Waals surface area (Å²) in [6.07, 6.45) is 3.90. The highest BCUT2D eigenvalue weighted by atomic mass is 32.1. The number of nitrogens with zero attached hydrogens (tertiary/aromatic N) is 3. The molecular formula is C22H24F2N6OS. The van der Waals surface area contributed by atoms with Crippen LogP contribution in [0.2, 0.25) is 0 Å². The summed E-state index contributed by atoms with van der Waals surface area (Å²) >= 11 is 1.17. The number of nitrogens with two attached hydrogens (primary N) is 1. The van der Waals surface area contributed by atoms with E-state index in [-0.39, 0.29) is 30.1 Å². The fourth-order valence-electron chi connectivity index (χ4n) is 4.54. The molecule has 2 aliphatic heterocycles. The SMILES string of the molecule is Cc1cnc2c(N)c(C(=O)NCCc3cc(F)c(N4CC5CCC(C4)N5)cc3F)sc2n1. The van der Waals surface area contributed by atoms with Gasteiger partial charge in [-0.25, -0.2) is 18.7 Å². The number of carbonyl (C=O) groups is 1. The third-order valence-corrected chi connectivity index (χ3v) is 7.21. The monoisotopic (exact) mass is 458 g/mol. The Morgan fingerprint density at radius 1 is 1.28 bits per heavy atom. The molecule has 5 rings (SSSR count). The zero-order valence-electron chi connectivity index (χ0n) is 17.6. The number of thiophene rings is 1. The van der Waals surface area contributed by atoms with Gasteiger partial charge in [0, 0.05) is 44.0 Å². The summed E-state index contributed by atoms with van der Waals surface area (Å²) < 4.78 is 29.5. The Hall–Kier alpha value is -2.85. The lowest BCUT2D eigenvalue weighted by Gasteiger charge is -2.34. The Kier molecular flexibility index (Phi) is 5.42. The molecule has 10 heteroatoms. The molecule has 4 heterocycles. The minimum absolute atomic E-state index is 0.153. The van der Waals surface area contributed by atoms with Gasteiger partial charge in [0.2, 0.25) is 0 Å². The van der Waals surface area contributed by atoms with Gasteiger partial charge in [-0.15, -0.1) is 11.3 Å². The first-order valence-electron chi connectivity index (χ1n) is 10.7. The first-order chi connectivity index (χ1) is 15.4. The van der Waals surface area contributed by atoms with E-state index >= 15 is 0 Å². The van der Waals surface area contributed by atoms with Crippen LogP contribution in [0.25, 0.3) is 10.3 Å². The summed E-state index contributed by atoms with van der Waals surface area (Å²) in [7, 11) is 0. The molecule has 2 aliphatic rings. The van der Waals surface area contributed by atoms with E-state index in [1.54, 1.807) is 6.20 Å². The molecule has 0 radical (unpaired) electrons. The Labute approximate surface area is 188 Å². The summed E-state index contributed by atoms with van der Waals surface area (Å²) in [6.45, 7) is 3.33. The molecule has 2 fully saturated rings. The van der Waals surface area contributed by atoms with Gasteiger partial charge in [-0.3, -0.25) is 4.79 Å². The van der Waals surface area contributed by atoms with Crippen molar-refractivity contribution in [3.8, 4) is 0 Å². The maximum Gasteiger partial charge on any atom is 0.263 e. The van der Waals surface area contributed by atoms with E-state index in [0.717, 1.165) is 18.5 Å². The smallest absolute Gasteiger partial charge is 0.263 e. The van der Waals surface area contributed by atoms with E-state index in [2.05, 4.69) is 20.6 Å². The summed E-state index contributed by atoms with van der Waals surface area (Å²) in [5, 5.41) is 6.23. The van der Waals surface area contributed by atoms with Crippen LogP contribution in [0.15, 0.2) is 18.3 Å². The maximum absolute atomic E-state index is 14.8. The number of piperazine rings is 1. The van der Waals surface area contributed by atoms with Gasteiger partial charge < -0.3 is 21.3 Å². The fourth-order valence-corrected chi connectivity index (χ4v) is 5.55. The van der Waals surface area contributed by atoms with Gasteiger partial charge in [-0.1, -0.05) is 0 Å². The Bertz CT molecular complexity index is 1190. The quantitative estimate of drug-likeness (QED) is 0.544. The van der Waals surface area contributed by atoms with Crippen LogP contribution in [0.3, 0.4) is 0 Å². The van der Waals surface area contributed by atoms with E-state index in [9.17, 15) is 13.6 Å². The van der Waals surface area contributed by atoms with Crippen molar-refractivity contribution in [2.24, 2.45) is 0 Å². The molecule has 168 valence electrons. The van der Waals surface area contributed by atoms with Crippen LogP contribution in [-0.4, -0.2) is 47.6 Å². The molecular weight excluding hydrogens is 434 g/mol. The highest BCUT2D eigenvalue weighted by molar-refractivity contribution is 7.21. The first kappa shape index (κ1) is 21.0. The van der Waals surface area contributed by atoms with Crippen LogP contribution in [0.1, 0.15) is 33.8 Å². The maximum atomic E-state index is 14.8. The molecule has 2 atom stereocenters. The number of rotatable bonds is 5. The molecule has 2 aromatic heterocycles. The van der Waals surface area contributed by atoms with E-state index in [1.807, 2.05) is 11.8 Å². The van der Waals surface area contributed by atoms with Crippen molar-refractivity contribution < 1.29 is 13.6 Å². The van der Waals surface area contributed by atoms with Gasteiger partial charge in [0.25, 0.3) is 5.91 Å². The van der Waals surface area contributed by atoms with Crippen molar-refractivity contribution in [3.63, 3.8) is 0 Å². The molecule has 2 unspecified atom stereocenters. The highest BCUT2D eigenvalue weighted by Crippen LogP contribution is 2.31. The molecule has 0 aliphatic carbocycles. The Balaban J connectivity index is 1.25. The number of halogens is 2. The van der Waals surface area contributed by atoms with Crippen LogP contribution >= 0.6 is 11.3 Å². The van der Waals surface area contributed by atoms with E-state index in [4.69, 9.17) is 5.73 Å². The van der Waals surface area contributed by atoms with Crippen molar-refractivity contribution >= 4 is 39.0 Å². The number of anilines is 2. The average molecular weight is 459 g/mol. The Morgan fingerprint density at radius 3 is 2.78 bits per heavy atom. The van der Waals surface area contributed by atoms with E-state index in [1.165, 1.54) is 23.5 Å². The average Bonchev–Trinajstić information content (AvgIpc) is 3.27. The number of carbonyl (C=O) groups excluding carboxylic acids is 1. The van der Waals surface area contributed by atoms with Crippen LogP contribution in [-0.2, 0) is 6.42 Å². The van der Waals surface area contributed by atoms with E-state index < -0.39 is 11.6 Å². The molecule has 1 aromatic carbocycles. The zero-order valence-corrected chi connectivity index (χ0v) is 18.4. The molecule has 1 amide bonds. The normalized spacial score (nSPS) is 20.2. The van der Waals surface area contributed by atoms with Gasteiger partial charge in [0.15, 0.2) is 0 Å². The second-order valence-corrected chi connectivity index (χ2v) is 9.45. The molecule has 2 bridgehead atoms. The molecule has 0 spiro atoms. The highest BCUT2D eigenvalue weighted by Gasteiger charge is 2.33. The van der Waals surface area contributed by atoms with Crippen molar-refractivity contribution in [2.45, 2.75) is 38.3 Å². The largest absolute Gasteiger partial charge is 0.396 e. The number of aromatic nitrogens is 2. The summed E-state index contributed by atoms with van der Waals surface area (Å²) in [4.78, 5) is 24.0. The molecule has 32 heavy (non-hydrogen) atoms. The third kappa shape index (κ3) is 3.88. The van der Waals surface area contributed by atoms with Crippen LogP contribution in [0, 0.1) is 18.6 Å². The van der Waals surface area contributed by atoms with Crippen molar-refractivity contribution in [3.05, 3.63) is 46.1 Å². The predicted molar refractivity (Wildman–Crippen MR) is 121 cm³/mol. The van der Waals surface area contributed by atoms with Crippen molar-refractivity contribution in [2.75, 3.05) is 30.3 Å². The van der Waals surface area contributed by atoms with Crippen LogP contribution in [0.4, 0.5) is 20.2 Å². The summed E-state index contributed by atoms with van der Waals surface area (Å²) in [5.41, 5.74) is 8.11. The first-order valence-corrected chi connectivity index (χ1v) is 11.5. The minimum atomic E-state index is -0.466. The number of hydrogen-bond acceptors (Lipinski definition) is 7. The third-order valence-electron chi connectivity index (χ3n) is 6.12. The molecule has 4 N–H and O–H groups in total. The number of benzene rings is 1. The molecule has 7 nitrogen and oxygen atoms in total. The number of nitrogens with one attached hydrogen (secondary N) is 2. The van der Waals surface area contributed by atoms with Gasteiger partial charge in [-0.2, -0.15) is 0 Å². The minimum Gasteiger partial charge on any atom is -0.396 e. The van der Waals surface area contributed by atoms with Gasteiger partial charge in [0.1, 0.15) is 26.9 Å². The standard InChI is InChI=1S/C22H24F2N6OS/c1-11-8-27-19-18(25)20(32-22(19)28-11)21(31)26-5-4-12-6-16(24)17(7-15(12)23)30-9-13-2-3-14(10-30)29-13/h6-8,13-14,29H,2-5,9-10,25H2,1H3,(H,26,31). The number of fused-ring (bicyclic) bond motifs is 3. The Morgan fingerprint density at radius 2 is 2.03 bits per heavy atom. The molecule has 2 saturated heterocycles. The lowest BCUT2D eigenvalue weighted by atomic mass is 10.1. The lowest BCUT2D eigenvalue weighted by molar-refractivity contribution is 0.0959.